The quantitative estimate of drug-likeness (QED) is 0.799. The van der Waals surface area contributed by atoms with Gasteiger partial charge in [-0.2, -0.15) is 0 Å². The van der Waals surface area contributed by atoms with E-state index in [4.69, 9.17) is 17.3 Å². The van der Waals surface area contributed by atoms with Crippen molar-refractivity contribution in [1.82, 2.24) is 9.55 Å². The Balaban J connectivity index is 2.19. The number of hydrogen-bond acceptors (Lipinski definition) is 2. The molecule has 20 heavy (non-hydrogen) atoms. The van der Waals surface area contributed by atoms with Crippen molar-refractivity contribution in [2.75, 3.05) is 0 Å². The van der Waals surface area contributed by atoms with Crippen LogP contribution in [0.3, 0.4) is 0 Å². The fraction of sp³-hybridized carbons (Fsp3) is 0.188. The molecule has 3 aromatic rings. The van der Waals surface area contributed by atoms with Crippen LogP contribution < -0.4 is 5.73 Å². The minimum Gasteiger partial charge on any atom is -0.326 e. The number of imidazole rings is 1. The zero-order chi connectivity index (χ0) is 14.1. The van der Waals surface area contributed by atoms with Crippen LogP contribution in [0, 0.1) is 0 Å². The molecule has 1 aromatic heterocycles. The lowest BCUT2D eigenvalue weighted by Crippen LogP contribution is -2.30. The highest BCUT2D eigenvalue weighted by molar-refractivity contribution is 6.31. The number of rotatable bonds is 3. The summed E-state index contributed by atoms with van der Waals surface area (Å²) in [6, 6.07) is 15.7. The first kappa shape index (κ1) is 13.2. The van der Waals surface area contributed by atoms with Gasteiger partial charge in [-0.25, -0.2) is 4.98 Å². The van der Waals surface area contributed by atoms with Crippen LogP contribution in [0.2, 0.25) is 5.02 Å². The third kappa shape index (κ3) is 2.19. The summed E-state index contributed by atoms with van der Waals surface area (Å²) in [7, 11) is 0. The molecule has 2 unspecified atom stereocenters. The van der Waals surface area contributed by atoms with Crippen LogP contribution in [0.4, 0.5) is 0 Å². The van der Waals surface area contributed by atoms with Crippen molar-refractivity contribution in [2.45, 2.75) is 19.0 Å². The molecule has 0 saturated heterocycles. The molecule has 0 spiro atoms. The standard InChI is InChI=1S/C16H16ClN3/c1-11(18)16(12-6-2-3-7-13(12)17)20-10-19-14-8-4-5-9-15(14)20/h2-11,16H,18H2,1H3. The third-order valence-electron chi connectivity index (χ3n) is 3.50. The van der Waals surface area contributed by atoms with Crippen LogP contribution in [-0.4, -0.2) is 15.6 Å². The van der Waals surface area contributed by atoms with E-state index in [0.717, 1.165) is 21.6 Å². The average molecular weight is 286 g/mol. The lowest BCUT2D eigenvalue weighted by Gasteiger charge is -2.24. The van der Waals surface area contributed by atoms with E-state index in [1.807, 2.05) is 55.7 Å². The third-order valence-corrected chi connectivity index (χ3v) is 3.85. The summed E-state index contributed by atoms with van der Waals surface area (Å²) in [5.41, 5.74) is 9.26. The van der Waals surface area contributed by atoms with E-state index in [9.17, 15) is 0 Å². The van der Waals surface area contributed by atoms with E-state index in [1.54, 1.807) is 0 Å². The van der Waals surface area contributed by atoms with Crippen molar-refractivity contribution in [3.05, 3.63) is 65.4 Å². The normalized spacial score (nSPS) is 14.3. The summed E-state index contributed by atoms with van der Waals surface area (Å²) < 4.78 is 2.10. The Labute approximate surface area is 123 Å². The Morgan fingerprint density at radius 3 is 2.55 bits per heavy atom. The number of hydrogen-bond donors (Lipinski definition) is 1. The molecule has 3 rings (SSSR count). The Kier molecular flexibility index (Phi) is 3.47. The molecule has 4 heteroatoms. The molecular weight excluding hydrogens is 270 g/mol. The zero-order valence-corrected chi connectivity index (χ0v) is 12.0. The number of nitrogens with two attached hydrogens (primary N) is 1. The molecule has 2 N–H and O–H groups in total. The first-order valence-electron chi connectivity index (χ1n) is 6.60. The molecular formula is C16H16ClN3. The van der Waals surface area contributed by atoms with Gasteiger partial charge in [-0.15, -0.1) is 0 Å². The van der Waals surface area contributed by atoms with E-state index in [-0.39, 0.29) is 12.1 Å². The maximum absolute atomic E-state index is 6.34. The number of aromatic nitrogens is 2. The predicted octanol–water partition coefficient (Wildman–Crippen LogP) is 3.63. The molecule has 0 aliphatic carbocycles. The van der Waals surface area contributed by atoms with E-state index in [1.165, 1.54) is 0 Å². The second kappa shape index (κ2) is 5.27. The maximum Gasteiger partial charge on any atom is 0.0964 e. The molecule has 1 heterocycles. The summed E-state index contributed by atoms with van der Waals surface area (Å²) in [5.74, 6) is 0. The fourth-order valence-electron chi connectivity index (χ4n) is 2.60. The average Bonchev–Trinajstić information content (AvgIpc) is 2.85. The number of benzene rings is 2. The molecule has 0 fully saturated rings. The van der Waals surface area contributed by atoms with E-state index < -0.39 is 0 Å². The number of halogens is 1. The Morgan fingerprint density at radius 2 is 1.80 bits per heavy atom. The Morgan fingerprint density at radius 1 is 1.10 bits per heavy atom. The van der Waals surface area contributed by atoms with Gasteiger partial charge in [0.05, 0.1) is 23.4 Å². The van der Waals surface area contributed by atoms with Gasteiger partial charge >= 0.3 is 0 Å². The molecule has 0 aliphatic heterocycles. The number of nitrogens with zero attached hydrogens (tertiary/aromatic N) is 2. The van der Waals surface area contributed by atoms with Crippen molar-refractivity contribution < 1.29 is 0 Å². The van der Waals surface area contributed by atoms with Gasteiger partial charge in [0.15, 0.2) is 0 Å². The van der Waals surface area contributed by atoms with Crippen molar-refractivity contribution in [3.8, 4) is 0 Å². The van der Waals surface area contributed by atoms with Gasteiger partial charge in [0, 0.05) is 11.1 Å². The van der Waals surface area contributed by atoms with E-state index in [2.05, 4.69) is 15.6 Å². The molecule has 0 saturated carbocycles. The van der Waals surface area contributed by atoms with Crippen LogP contribution in [0.1, 0.15) is 18.5 Å². The number of para-hydroxylation sites is 2. The van der Waals surface area contributed by atoms with E-state index >= 15 is 0 Å². The molecule has 0 amide bonds. The topological polar surface area (TPSA) is 43.8 Å². The zero-order valence-electron chi connectivity index (χ0n) is 11.2. The van der Waals surface area contributed by atoms with Crippen molar-refractivity contribution in [2.24, 2.45) is 5.73 Å². The van der Waals surface area contributed by atoms with Crippen molar-refractivity contribution in [3.63, 3.8) is 0 Å². The Bertz CT molecular complexity index is 733. The van der Waals surface area contributed by atoms with Crippen molar-refractivity contribution >= 4 is 22.6 Å². The second-order valence-corrected chi connectivity index (χ2v) is 5.37. The van der Waals surface area contributed by atoms with Crippen LogP contribution >= 0.6 is 11.6 Å². The molecule has 2 aromatic carbocycles. The minimum atomic E-state index is -0.0764. The van der Waals surface area contributed by atoms with Gasteiger partial charge in [0.25, 0.3) is 0 Å². The van der Waals surface area contributed by atoms with Gasteiger partial charge in [-0.3, -0.25) is 0 Å². The van der Waals surface area contributed by atoms with Gasteiger partial charge < -0.3 is 10.3 Å². The monoisotopic (exact) mass is 285 g/mol. The summed E-state index contributed by atoms with van der Waals surface area (Å²) in [4.78, 5) is 4.44. The highest BCUT2D eigenvalue weighted by atomic mass is 35.5. The van der Waals surface area contributed by atoms with Crippen LogP contribution in [0.5, 0.6) is 0 Å². The summed E-state index contributed by atoms with van der Waals surface area (Å²) in [6.07, 6.45) is 1.84. The maximum atomic E-state index is 6.34. The second-order valence-electron chi connectivity index (χ2n) is 4.97. The molecule has 3 nitrogen and oxygen atoms in total. The molecule has 0 bridgehead atoms. The summed E-state index contributed by atoms with van der Waals surface area (Å²) >= 11 is 6.34. The lowest BCUT2D eigenvalue weighted by molar-refractivity contribution is 0.507. The molecule has 2 atom stereocenters. The largest absolute Gasteiger partial charge is 0.326 e. The van der Waals surface area contributed by atoms with Gasteiger partial charge in [0.2, 0.25) is 0 Å². The lowest BCUT2D eigenvalue weighted by atomic mass is 10.0. The van der Waals surface area contributed by atoms with Crippen LogP contribution in [0.15, 0.2) is 54.9 Å². The highest BCUT2D eigenvalue weighted by Gasteiger charge is 2.22. The first-order chi connectivity index (χ1) is 9.68. The predicted molar refractivity (Wildman–Crippen MR) is 83.0 cm³/mol. The van der Waals surface area contributed by atoms with E-state index in [0.29, 0.717) is 0 Å². The SMILES string of the molecule is CC(N)C(c1ccccc1Cl)n1cnc2ccccc21. The minimum absolute atomic E-state index is 0.0314. The van der Waals surface area contributed by atoms with Gasteiger partial charge in [0.1, 0.15) is 0 Å². The molecule has 102 valence electrons. The summed E-state index contributed by atoms with van der Waals surface area (Å²) in [5, 5.41) is 0.729. The number of fused-ring (bicyclic) bond motifs is 1. The molecule has 0 radical (unpaired) electrons. The van der Waals surface area contributed by atoms with Gasteiger partial charge in [-0.05, 0) is 30.7 Å². The molecule has 0 aliphatic rings. The van der Waals surface area contributed by atoms with Crippen molar-refractivity contribution in [1.29, 1.82) is 0 Å². The first-order valence-corrected chi connectivity index (χ1v) is 6.98. The van der Waals surface area contributed by atoms with Crippen LogP contribution in [0.25, 0.3) is 11.0 Å². The smallest absolute Gasteiger partial charge is 0.0964 e. The highest BCUT2D eigenvalue weighted by Crippen LogP contribution is 2.30. The van der Waals surface area contributed by atoms with Gasteiger partial charge in [-0.1, -0.05) is 41.9 Å². The fourth-order valence-corrected chi connectivity index (χ4v) is 2.85. The van der Waals surface area contributed by atoms with Crippen LogP contribution in [-0.2, 0) is 0 Å². The summed E-state index contributed by atoms with van der Waals surface area (Å²) in [6.45, 7) is 1.99. The Hall–Kier alpha value is -1.84.